The highest BCUT2D eigenvalue weighted by Crippen LogP contribution is 2.34. The molecule has 1 heterocycles. The molecule has 0 bridgehead atoms. The summed E-state index contributed by atoms with van der Waals surface area (Å²) in [6.45, 7) is 5.70. The molecule has 0 saturated carbocycles. The van der Waals surface area contributed by atoms with Crippen LogP contribution in [0.4, 0.5) is 30.2 Å². The van der Waals surface area contributed by atoms with Gasteiger partial charge in [0.25, 0.3) is 5.91 Å². The fourth-order valence-electron chi connectivity index (χ4n) is 4.26. The van der Waals surface area contributed by atoms with Gasteiger partial charge in [0.1, 0.15) is 5.69 Å². The van der Waals surface area contributed by atoms with Crippen molar-refractivity contribution in [3.05, 3.63) is 89.6 Å². The van der Waals surface area contributed by atoms with E-state index >= 15 is 0 Å². The topological polar surface area (TPSA) is 89.2 Å². The minimum absolute atomic E-state index is 0.0293. The lowest BCUT2D eigenvalue weighted by molar-refractivity contribution is -0.138. The summed E-state index contributed by atoms with van der Waals surface area (Å²) < 4.78 is 42.7. The molecule has 0 aliphatic carbocycles. The zero-order valence-electron chi connectivity index (χ0n) is 21.3. The van der Waals surface area contributed by atoms with Crippen LogP contribution in [0.15, 0.2) is 72.8 Å². The van der Waals surface area contributed by atoms with Crippen LogP contribution in [0, 0.1) is 5.41 Å². The molecule has 4 aromatic rings. The Morgan fingerprint density at radius 1 is 0.868 bits per heavy atom. The molecule has 4 rings (SSSR count). The molecular formula is C29H29F3N4O2. The van der Waals surface area contributed by atoms with Gasteiger partial charge in [0.2, 0.25) is 5.91 Å². The Bertz CT molecular complexity index is 1480. The van der Waals surface area contributed by atoms with Gasteiger partial charge in [0, 0.05) is 40.9 Å². The number of anilines is 3. The second kappa shape index (κ2) is 10.2. The number of fused-ring (bicyclic) bond motifs is 1. The van der Waals surface area contributed by atoms with Crippen LogP contribution >= 0.6 is 0 Å². The van der Waals surface area contributed by atoms with Gasteiger partial charge < -0.3 is 20.9 Å². The maximum Gasteiger partial charge on any atom is 0.416 e. The first-order valence-electron chi connectivity index (χ1n) is 12.1. The Hall–Kier alpha value is -4.27. The van der Waals surface area contributed by atoms with Crippen molar-refractivity contribution in [1.82, 2.24) is 4.57 Å². The molecule has 3 aromatic carbocycles. The molecule has 38 heavy (non-hydrogen) atoms. The molecule has 0 unspecified atom stereocenters. The van der Waals surface area contributed by atoms with Crippen LogP contribution in [0.1, 0.15) is 48.8 Å². The van der Waals surface area contributed by atoms with Crippen LogP contribution in [0.2, 0.25) is 0 Å². The molecule has 6 nitrogen and oxygen atoms in total. The van der Waals surface area contributed by atoms with Crippen molar-refractivity contribution in [2.75, 3.05) is 16.4 Å². The molecule has 0 fully saturated rings. The lowest BCUT2D eigenvalue weighted by Crippen LogP contribution is -2.19. The van der Waals surface area contributed by atoms with Crippen molar-refractivity contribution in [2.45, 2.75) is 39.9 Å². The summed E-state index contributed by atoms with van der Waals surface area (Å²) in [7, 11) is 0. The number of benzene rings is 3. The van der Waals surface area contributed by atoms with Gasteiger partial charge in [0.05, 0.1) is 5.56 Å². The third kappa shape index (κ3) is 6.34. The molecule has 0 saturated heterocycles. The summed E-state index contributed by atoms with van der Waals surface area (Å²) >= 11 is 0. The van der Waals surface area contributed by atoms with Crippen molar-refractivity contribution in [1.29, 1.82) is 0 Å². The van der Waals surface area contributed by atoms with Gasteiger partial charge in [-0.05, 0) is 65.6 Å². The van der Waals surface area contributed by atoms with E-state index in [9.17, 15) is 22.8 Å². The second-order valence-electron chi connectivity index (χ2n) is 10.4. The third-order valence-electron chi connectivity index (χ3n) is 5.93. The first-order chi connectivity index (χ1) is 17.8. The second-order valence-corrected chi connectivity index (χ2v) is 10.4. The number of nitrogens with one attached hydrogen (secondary N) is 2. The summed E-state index contributed by atoms with van der Waals surface area (Å²) in [4.78, 5) is 25.8. The highest BCUT2D eigenvalue weighted by Gasteiger charge is 2.33. The van der Waals surface area contributed by atoms with E-state index in [2.05, 4.69) is 10.6 Å². The average molecular weight is 523 g/mol. The molecule has 0 spiro atoms. The average Bonchev–Trinajstić information content (AvgIpc) is 3.16. The number of rotatable bonds is 6. The minimum atomic E-state index is -4.55. The maximum atomic E-state index is 13.7. The number of carbonyl (C=O) groups excluding carboxylic acids is 2. The Labute approximate surface area is 218 Å². The van der Waals surface area contributed by atoms with Crippen LogP contribution < -0.4 is 16.4 Å². The van der Waals surface area contributed by atoms with E-state index in [0.717, 1.165) is 6.07 Å². The number of nitrogens with zero attached hydrogens (tertiary/aromatic N) is 1. The highest BCUT2D eigenvalue weighted by atomic mass is 19.4. The molecule has 2 amide bonds. The number of aromatic nitrogens is 1. The fourth-order valence-corrected chi connectivity index (χ4v) is 4.26. The predicted molar refractivity (Wildman–Crippen MR) is 144 cm³/mol. The Morgan fingerprint density at radius 2 is 1.53 bits per heavy atom. The predicted octanol–water partition coefficient (Wildman–Crippen LogP) is 6.92. The van der Waals surface area contributed by atoms with Gasteiger partial charge in [-0.25, -0.2) is 0 Å². The van der Waals surface area contributed by atoms with Gasteiger partial charge in [-0.1, -0.05) is 39.0 Å². The molecule has 4 N–H and O–H groups in total. The molecule has 0 radical (unpaired) electrons. The van der Waals surface area contributed by atoms with Crippen LogP contribution in [0.25, 0.3) is 10.9 Å². The summed E-state index contributed by atoms with van der Waals surface area (Å²) in [5.74, 6) is -0.648. The lowest BCUT2D eigenvalue weighted by atomic mass is 9.92. The molecule has 0 aliphatic rings. The fraction of sp³-hybridized carbons (Fsp3) is 0.241. The van der Waals surface area contributed by atoms with E-state index in [-0.39, 0.29) is 29.1 Å². The van der Waals surface area contributed by atoms with Crippen LogP contribution in [0.3, 0.4) is 0 Å². The largest absolute Gasteiger partial charge is 0.416 e. The maximum absolute atomic E-state index is 13.7. The number of nitrogen functional groups attached to an aromatic ring is 1. The Balaban J connectivity index is 1.75. The van der Waals surface area contributed by atoms with E-state index in [1.54, 1.807) is 53.1 Å². The first kappa shape index (κ1) is 26.8. The van der Waals surface area contributed by atoms with Crippen molar-refractivity contribution in [2.24, 2.45) is 5.41 Å². The summed E-state index contributed by atoms with van der Waals surface area (Å²) in [5, 5.41) is 6.25. The lowest BCUT2D eigenvalue weighted by Gasteiger charge is -2.17. The molecule has 1 aromatic heterocycles. The number of hydrogen-bond acceptors (Lipinski definition) is 3. The summed E-state index contributed by atoms with van der Waals surface area (Å²) in [5.41, 5.74) is 7.07. The monoisotopic (exact) mass is 522 g/mol. The van der Waals surface area contributed by atoms with Crippen LogP contribution in [-0.2, 0) is 17.5 Å². The molecule has 9 heteroatoms. The molecule has 0 aliphatic heterocycles. The molecule has 198 valence electrons. The molecular weight excluding hydrogens is 493 g/mol. The van der Waals surface area contributed by atoms with Gasteiger partial charge >= 0.3 is 6.18 Å². The third-order valence-corrected chi connectivity index (χ3v) is 5.93. The smallest absolute Gasteiger partial charge is 0.399 e. The molecule has 0 atom stereocenters. The normalized spacial score (nSPS) is 11.9. The van der Waals surface area contributed by atoms with Crippen LogP contribution in [0.5, 0.6) is 0 Å². The van der Waals surface area contributed by atoms with Crippen molar-refractivity contribution < 1.29 is 22.8 Å². The quantitative estimate of drug-likeness (QED) is 0.240. The first-order valence-corrected chi connectivity index (χ1v) is 12.1. The van der Waals surface area contributed by atoms with Crippen LogP contribution in [-0.4, -0.2) is 16.4 Å². The van der Waals surface area contributed by atoms with E-state index in [1.165, 1.54) is 18.2 Å². The van der Waals surface area contributed by atoms with E-state index in [4.69, 9.17) is 5.73 Å². The van der Waals surface area contributed by atoms with E-state index in [1.807, 2.05) is 20.8 Å². The van der Waals surface area contributed by atoms with Gasteiger partial charge in [0.15, 0.2) is 0 Å². The number of alkyl halides is 3. The minimum Gasteiger partial charge on any atom is -0.399 e. The van der Waals surface area contributed by atoms with Gasteiger partial charge in [-0.2, -0.15) is 13.2 Å². The van der Waals surface area contributed by atoms with Gasteiger partial charge in [-0.3, -0.25) is 9.59 Å². The van der Waals surface area contributed by atoms with Gasteiger partial charge in [-0.15, -0.1) is 0 Å². The number of hydrogen-bond donors (Lipinski definition) is 3. The Morgan fingerprint density at radius 3 is 2.18 bits per heavy atom. The number of amides is 2. The van der Waals surface area contributed by atoms with E-state index in [0.29, 0.717) is 34.4 Å². The van der Waals surface area contributed by atoms with Crippen molar-refractivity contribution >= 4 is 39.8 Å². The SMILES string of the molecule is CC(C)(C)CC(=O)Nc1ccc2c(c1)cc(C(=O)Nc1ccc(N)cc1)n2Cc1ccccc1C(F)(F)F. The van der Waals surface area contributed by atoms with Crippen molar-refractivity contribution in [3.8, 4) is 0 Å². The number of nitrogens with two attached hydrogens (primary N) is 1. The number of halogens is 3. The van der Waals surface area contributed by atoms with E-state index < -0.39 is 17.6 Å². The number of carbonyl (C=O) groups is 2. The zero-order valence-corrected chi connectivity index (χ0v) is 21.3. The van der Waals surface area contributed by atoms with Crippen molar-refractivity contribution in [3.63, 3.8) is 0 Å². The zero-order chi connectivity index (χ0) is 27.7. The standard InChI is InChI=1S/C29H29F3N4O2/c1-28(2,3)16-26(37)34-22-12-13-24-19(14-22)15-25(27(38)35-21-10-8-20(33)9-11-21)36(24)17-18-6-4-5-7-23(18)29(30,31)32/h4-15H,16-17,33H2,1-3H3,(H,34,37)(H,35,38). The Kier molecular flexibility index (Phi) is 7.22. The highest BCUT2D eigenvalue weighted by molar-refractivity contribution is 6.07. The summed E-state index contributed by atoms with van der Waals surface area (Å²) in [6.07, 6.45) is -4.23. The summed E-state index contributed by atoms with van der Waals surface area (Å²) in [6, 6.07) is 18.5.